The van der Waals surface area contributed by atoms with Crippen LogP contribution in [0.15, 0.2) is 48.7 Å². The summed E-state index contributed by atoms with van der Waals surface area (Å²) in [7, 11) is 3.22. The second-order valence-corrected chi connectivity index (χ2v) is 9.33. The molecule has 0 aliphatic carbocycles. The lowest BCUT2D eigenvalue weighted by atomic mass is 9.96. The summed E-state index contributed by atoms with van der Waals surface area (Å²) >= 11 is 5.88. The van der Waals surface area contributed by atoms with Gasteiger partial charge in [-0.25, -0.2) is 0 Å². The van der Waals surface area contributed by atoms with Gasteiger partial charge in [0, 0.05) is 49.7 Å². The van der Waals surface area contributed by atoms with Crippen LogP contribution < -0.4 is 15.5 Å². The molecule has 9 heteroatoms. The van der Waals surface area contributed by atoms with Crippen molar-refractivity contribution >= 4 is 34.6 Å². The predicted octanol–water partition coefficient (Wildman–Crippen LogP) is 4.22. The van der Waals surface area contributed by atoms with Crippen LogP contribution >= 0.6 is 12.2 Å². The molecule has 8 nitrogen and oxygen atoms in total. The zero-order valence-electron chi connectivity index (χ0n) is 21.4. The SMILES string of the molecule is COCCn1c(C)cc([C@H]2[C@H](c3ccccn3)NC(=S)N2c2ccc(NC(=O)COC)c(C)c2)c1C. The maximum atomic E-state index is 12.0. The molecule has 2 aromatic heterocycles. The summed E-state index contributed by atoms with van der Waals surface area (Å²) in [5.74, 6) is -0.191. The average molecular weight is 508 g/mol. The minimum absolute atomic E-state index is 0.00778. The maximum absolute atomic E-state index is 12.0. The number of hydrogen-bond donors (Lipinski definition) is 2. The maximum Gasteiger partial charge on any atom is 0.250 e. The molecule has 0 spiro atoms. The van der Waals surface area contributed by atoms with Crippen LogP contribution in [0.25, 0.3) is 0 Å². The van der Waals surface area contributed by atoms with E-state index in [4.69, 9.17) is 21.7 Å². The van der Waals surface area contributed by atoms with Crippen LogP contribution in [0.5, 0.6) is 0 Å². The number of aryl methyl sites for hydroxylation is 2. The number of ether oxygens (including phenoxy) is 2. The minimum atomic E-state index is -0.191. The Morgan fingerprint density at radius 1 is 1.14 bits per heavy atom. The molecule has 1 aliphatic rings. The molecule has 1 amide bonds. The highest BCUT2D eigenvalue weighted by atomic mass is 32.1. The molecule has 1 saturated heterocycles. The van der Waals surface area contributed by atoms with Gasteiger partial charge in [-0.15, -0.1) is 0 Å². The van der Waals surface area contributed by atoms with Gasteiger partial charge in [-0.2, -0.15) is 0 Å². The highest BCUT2D eigenvalue weighted by Crippen LogP contribution is 2.43. The van der Waals surface area contributed by atoms with Crippen molar-refractivity contribution in [2.75, 3.05) is 37.7 Å². The van der Waals surface area contributed by atoms with E-state index in [1.165, 1.54) is 24.1 Å². The quantitative estimate of drug-likeness (QED) is 0.420. The summed E-state index contributed by atoms with van der Waals surface area (Å²) in [6, 6.07) is 13.9. The molecule has 0 unspecified atom stereocenters. The fourth-order valence-electron chi connectivity index (χ4n) is 4.86. The number of aromatic nitrogens is 2. The molecule has 2 atom stereocenters. The van der Waals surface area contributed by atoms with E-state index < -0.39 is 0 Å². The second-order valence-electron chi connectivity index (χ2n) is 8.95. The summed E-state index contributed by atoms with van der Waals surface area (Å²) in [5, 5.41) is 7.06. The van der Waals surface area contributed by atoms with Crippen molar-refractivity contribution < 1.29 is 14.3 Å². The largest absolute Gasteiger partial charge is 0.383 e. The van der Waals surface area contributed by atoms with Gasteiger partial charge in [0.2, 0.25) is 5.91 Å². The Balaban J connectivity index is 1.77. The summed E-state index contributed by atoms with van der Waals surface area (Å²) in [5.41, 5.74) is 7.08. The van der Waals surface area contributed by atoms with Crippen molar-refractivity contribution in [3.05, 3.63) is 76.9 Å². The van der Waals surface area contributed by atoms with E-state index >= 15 is 0 Å². The molecule has 1 aliphatic heterocycles. The number of benzene rings is 1. The molecule has 3 heterocycles. The summed E-state index contributed by atoms with van der Waals surface area (Å²) in [6.45, 7) is 7.66. The van der Waals surface area contributed by atoms with Crippen molar-refractivity contribution in [3.8, 4) is 0 Å². The van der Waals surface area contributed by atoms with E-state index in [9.17, 15) is 4.79 Å². The van der Waals surface area contributed by atoms with Crippen LogP contribution in [0.2, 0.25) is 0 Å². The Bertz CT molecular complexity index is 1240. The lowest BCUT2D eigenvalue weighted by Gasteiger charge is -2.29. The zero-order valence-corrected chi connectivity index (χ0v) is 22.2. The van der Waals surface area contributed by atoms with E-state index in [0.29, 0.717) is 11.7 Å². The van der Waals surface area contributed by atoms with E-state index in [1.807, 2.05) is 49.5 Å². The number of methoxy groups -OCH3 is 2. The first kappa shape index (κ1) is 25.8. The number of nitrogens with one attached hydrogen (secondary N) is 2. The van der Waals surface area contributed by atoms with Crippen LogP contribution in [0, 0.1) is 20.8 Å². The van der Waals surface area contributed by atoms with Crippen LogP contribution in [-0.4, -0.2) is 48.0 Å². The third-order valence-electron chi connectivity index (χ3n) is 6.59. The smallest absolute Gasteiger partial charge is 0.250 e. The molecule has 0 saturated carbocycles. The number of carbonyl (C=O) groups excluding carboxylic acids is 1. The second kappa shape index (κ2) is 11.2. The van der Waals surface area contributed by atoms with E-state index in [-0.39, 0.29) is 24.6 Å². The average Bonchev–Trinajstić information content (AvgIpc) is 3.35. The molecule has 0 radical (unpaired) electrons. The number of pyridine rings is 1. The zero-order chi connectivity index (χ0) is 25.8. The molecule has 2 N–H and O–H groups in total. The van der Waals surface area contributed by atoms with Crippen LogP contribution in [0.1, 0.15) is 40.3 Å². The Morgan fingerprint density at radius 3 is 2.61 bits per heavy atom. The summed E-state index contributed by atoms with van der Waals surface area (Å²) < 4.78 is 12.6. The number of nitrogens with zero attached hydrogens (tertiary/aromatic N) is 3. The molecule has 1 fully saturated rings. The molecule has 3 aromatic rings. The Kier molecular flexibility index (Phi) is 8.03. The van der Waals surface area contributed by atoms with Gasteiger partial charge < -0.3 is 29.6 Å². The molecule has 0 bridgehead atoms. The van der Waals surface area contributed by atoms with Gasteiger partial charge in [-0.05, 0) is 80.5 Å². The third kappa shape index (κ3) is 5.13. The van der Waals surface area contributed by atoms with Crippen LogP contribution in [-0.2, 0) is 20.8 Å². The van der Waals surface area contributed by atoms with Crippen molar-refractivity contribution in [1.29, 1.82) is 0 Å². The van der Waals surface area contributed by atoms with Crippen molar-refractivity contribution in [3.63, 3.8) is 0 Å². The first-order valence-electron chi connectivity index (χ1n) is 11.9. The van der Waals surface area contributed by atoms with Gasteiger partial charge in [0.1, 0.15) is 6.61 Å². The number of rotatable bonds is 9. The molecule has 36 heavy (non-hydrogen) atoms. The van der Waals surface area contributed by atoms with Gasteiger partial charge in [0.05, 0.1) is 24.4 Å². The van der Waals surface area contributed by atoms with Crippen LogP contribution in [0.4, 0.5) is 11.4 Å². The minimum Gasteiger partial charge on any atom is -0.383 e. The van der Waals surface area contributed by atoms with Crippen LogP contribution in [0.3, 0.4) is 0 Å². The molecule has 1 aromatic carbocycles. The Hall–Kier alpha value is -3.27. The number of carbonyl (C=O) groups is 1. The van der Waals surface area contributed by atoms with Crippen molar-refractivity contribution in [2.24, 2.45) is 0 Å². The van der Waals surface area contributed by atoms with E-state index in [0.717, 1.165) is 29.2 Å². The van der Waals surface area contributed by atoms with Crippen molar-refractivity contribution in [1.82, 2.24) is 14.9 Å². The molecular weight excluding hydrogens is 474 g/mol. The lowest BCUT2D eigenvalue weighted by molar-refractivity contribution is -0.119. The Labute approximate surface area is 217 Å². The third-order valence-corrected chi connectivity index (χ3v) is 6.90. The fraction of sp³-hybridized carbons (Fsp3) is 0.370. The number of amides is 1. The number of hydrogen-bond acceptors (Lipinski definition) is 5. The molecule has 190 valence electrons. The Morgan fingerprint density at radius 2 is 1.94 bits per heavy atom. The van der Waals surface area contributed by atoms with Gasteiger partial charge in [-0.3, -0.25) is 9.78 Å². The lowest BCUT2D eigenvalue weighted by Crippen LogP contribution is -2.29. The van der Waals surface area contributed by atoms with Gasteiger partial charge in [0.15, 0.2) is 5.11 Å². The molecule has 4 rings (SSSR count). The van der Waals surface area contributed by atoms with Gasteiger partial charge in [0.25, 0.3) is 0 Å². The first-order chi connectivity index (χ1) is 17.3. The van der Waals surface area contributed by atoms with E-state index in [1.54, 1.807) is 7.11 Å². The normalized spacial score (nSPS) is 17.4. The van der Waals surface area contributed by atoms with E-state index in [2.05, 4.69) is 45.0 Å². The number of anilines is 2. The highest BCUT2D eigenvalue weighted by molar-refractivity contribution is 7.80. The summed E-state index contributed by atoms with van der Waals surface area (Å²) in [6.07, 6.45) is 1.81. The highest BCUT2D eigenvalue weighted by Gasteiger charge is 2.42. The standard InChI is InChI=1S/C27H33N5O3S/c1-17-14-20(9-10-22(17)29-24(33)16-35-5)32-26(21-15-18(2)31(19(21)3)12-13-34-4)25(30-27(32)36)23-8-6-7-11-28-23/h6-11,14-15,25-26H,12-13,16H2,1-5H3,(H,29,33)(H,30,36)/t25-,26-/m0/s1. The molecular formula is C27H33N5O3S. The monoisotopic (exact) mass is 507 g/mol. The number of thiocarbonyl (C=S) groups is 1. The first-order valence-corrected chi connectivity index (χ1v) is 12.3. The van der Waals surface area contributed by atoms with Crippen molar-refractivity contribution in [2.45, 2.75) is 39.4 Å². The van der Waals surface area contributed by atoms with Gasteiger partial charge in [-0.1, -0.05) is 6.07 Å². The van der Waals surface area contributed by atoms with Gasteiger partial charge >= 0.3 is 0 Å². The predicted molar refractivity (Wildman–Crippen MR) is 145 cm³/mol. The topological polar surface area (TPSA) is 80.7 Å². The summed E-state index contributed by atoms with van der Waals surface area (Å²) in [4.78, 5) is 18.9. The fourth-order valence-corrected chi connectivity index (χ4v) is 5.20.